The van der Waals surface area contributed by atoms with Gasteiger partial charge in [0, 0.05) is 16.8 Å². The Labute approximate surface area is 116 Å². The molecule has 2 rings (SSSR count). The van der Waals surface area contributed by atoms with Crippen LogP contribution >= 0.6 is 11.3 Å². The lowest BCUT2D eigenvalue weighted by Gasteiger charge is -2.29. The number of anilines is 1. The maximum absolute atomic E-state index is 11.1. The third kappa shape index (κ3) is 3.32. The molecule has 0 bridgehead atoms. The second-order valence-electron chi connectivity index (χ2n) is 4.44. The van der Waals surface area contributed by atoms with Gasteiger partial charge in [0.15, 0.2) is 0 Å². The van der Waals surface area contributed by atoms with Crippen molar-refractivity contribution in [1.29, 1.82) is 0 Å². The van der Waals surface area contributed by atoms with E-state index in [1.165, 1.54) is 11.3 Å². The van der Waals surface area contributed by atoms with E-state index in [9.17, 15) is 4.79 Å². The summed E-state index contributed by atoms with van der Waals surface area (Å²) in [6.07, 6.45) is 1.79. The number of aryl methyl sites for hydroxylation is 1. The van der Waals surface area contributed by atoms with Crippen LogP contribution in [0.1, 0.15) is 23.4 Å². The Morgan fingerprint density at radius 2 is 2.11 bits per heavy atom. The minimum Gasteiger partial charge on any atom is -0.480 e. The number of carbonyl (C=O) groups is 1. The van der Waals surface area contributed by atoms with Gasteiger partial charge in [-0.2, -0.15) is 0 Å². The van der Waals surface area contributed by atoms with Gasteiger partial charge in [-0.25, -0.2) is 0 Å². The lowest BCUT2D eigenvalue weighted by molar-refractivity contribution is -0.135. The van der Waals surface area contributed by atoms with Crippen LogP contribution in [0.3, 0.4) is 0 Å². The van der Waals surface area contributed by atoms with Crippen molar-refractivity contribution in [1.82, 2.24) is 4.98 Å². The van der Waals surface area contributed by atoms with Crippen LogP contribution < -0.4 is 4.90 Å². The molecule has 0 aliphatic heterocycles. The summed E-state index contributed by atoms with van der Waals surface area (Å²) in [5, 5.41) is 9.09. The zero-order valence-electron chi connectivity index (χ0n) is 10.9. The number of rotatable bonds is 5. The largest absolute Gasteiger partial charge is 0.480 e. The van der Waals surface area contributed by atoms with Crippen LogP contribution in [0.25, 0.3) is 0 Å². The van der Waals surface area contributed by atoms with Gasteiger partial charge in [0.1, 0.15) is 6.54 Å². The smallest absolute Gasteiger partial charge is 0.323 e. The Kier molecular flexibility index (Phi) is 4.16. The van der Waals surface area contributed by atoms with Crippen LogP contribution in [-0.2, 0) is 4.79 Å². The summed E-state index contributed by atoms with van der Waals surface area (Å²) in [6, 6.07) is 7.88. The first-order chi connectivity index (χ1) is 9.08. The molecule has 1 N–H and O–H groups in total. The van der Waals surface area contributed by atoms with Crippen molar-refractivity contribution in [3.63, 3.8) is 0 Å². The number of aromatic nitrogens is 1. The van der Waals surface area contributed by atoms with E-state index in [0.717, 1.165) is 16.1 Å². The first-order valence-corrected chi connectivity index (χ1v) is 6.89. The summed E-state index contributed by atoms with van der Waals surface area (Å²) in [5.74, 6) is -0.836. The van der Waals surface area contributed by atoms with Crippen LogP contribution in [-0.4, -0.2) is 22.6 Å². The van der Waals surface area contributed by atoms with E-state index in [1.54, 1.807) is 11.7 Å². The van der Waals surface area contributed by atoms with E-state index >= 15 is 0 Å². The average Bonchev–Trinajstić information content (AvgIpc) is 2.90. The van der Waals surface area contributed by atoms with Crippen molar-refractivity contribution in [2.24, 2.45) is 0 Å². The Balaban J connectivity index is 2.30. The van der Waals surface area contributed by atoms with Gasteiger partial charge in [0.25, 0.3) is 0 Å². The van der Waals surface area contributed by atoms with Gasteiger partial charge in [-0.15, -0.1) is 11.3 Å². The fourth-order valence-corrected chi connectivity index (χ4v) is 2.61. The molecule has 0 aliphatic carbocycles. The molecule has 1 unspecified atom stereocenters. The molecule has 2 aromatic rings. The summed E-state index contributed by atoms with van der Waals surface area (Å²) < 4.78 is 0. The number of carboxylic acid groups (broad SMARTS) is 1. The molecule has 1 heterocycles. The quantitative estimate of drug-likeness (QED) is 0.911. The van der Waals surface area contributed by atoms with Gasteiger partial charge in [-0.05, 0) is 26.0 Å². The topological polar surface area (TPSA) is 53.4 Å². The van der Waals surface area contributed by atoms with Crippen molar-refractivity contribution in [3.8, 4) is 0 Å². The molecule has 1 atom stereocenters. The Hall–Kier alpha value is -1.88. The number of aliphatic carboxylic acids is 1. The lowest BCUT2D eigenvalue weighted by atomic mass is 10.1. The summed E-state index contributed by atoms with van der Waals surface area (Å²) in [7, 11) is 0. The van der Waals surface area contributed by atoms with E-state index in [-0.39, 0.29) is 12.6 Å². The monoisotopic (exact) mass is 276 g/mol. The molecular weight excluding hydrogens is 260 g/mol. The highest BCUT2D eigenvalue weighted by atomic mass is 32.1. The molecule has 1 aromatic carbocycles. The molecule has 5 heteroatoms. The van der Waals surface area contributed by atoms with E-state index in [2.05, 4.69) is 4.98 Å². The molecule has 0 saturated carbocycles. The highest BCUT2D eigenvalue weighted by Crippen LogP contribution is 2.28. The fraction of sp³-hybridized carbons (Fsp3) is 0.286. The molecule has 4 nitrogen and oxygen atoms in total. The molecule has 1 aromatic heterocycles. The van der Waals surface area contributed by atoms with E-state index < -0.39 is 5.97 Å². The maximum atomic E-state index is 11.1. The summed E-state index contributed by atoms with van der Waals surface area (Å²) >= 11 is 1.54. The molecule has 0 fully saturated rings. The molecule has 0 saturated heterocycles. The zero-order chi connectivity index (χ0) is 13.8. The SMILES string of the molecule is Cc1ccc(N(CC(=O)O)C(C)c2cncs2)cc1. The van der Waals surface area contributed by atoms with Crippen LogP contribution in [0.4, 0.5) is 5.69 Å². The van der Waals surface area contributed by atoms with Crippen molar-refractivity contribution < 1.29 is 9.90 Å². The molecular formula is C14H16N2O2S. The first kappa shape index (κ1) is 13.5. The van der Waals surface area contributed by atoms with Crippen molar-refractivity contribution >= 4 is 23.0 Å². The maximum Gasteiger partial charge on any atom is 0.323 e. The predicted octanol–water partition coefficient (Wildman–Crippen LogP) is 3.10. The zero-order valence-corrected chi connectivity index (χ0v) is 11.7. The van der Waals surface area contributed by atoms with Gasteiger partial charge < -0.3 is 10.0 Å². The number of carboxylic acids is 1. The Morgan fingerprint density at radius 1 is 1.42 bits per heavy atom. The molecule has 19 heavy (non-hydrogen) atoms. The molecule has 0 aliphatic rings. The molecule has 100 valence electrons. The number of hydrogen-bond donors (Lipinski definition) is 1. The van der Waals surface area contributed by atoms with Gasteiger partial charge in [-0.1, -0.05) is 17.7 Å². The summed E-state index contributed by atoms with van der Waals surface area (Å²) in [4.78, 5) is 18.1. The van der Waals surface area contributed by atoms with Gasteiger partial charge >= 0.3 is 5.97 Å². The van der Waals surface area contributed by atoms with E-state index in [1.807, 2.05) is 43.0 Å². The predicted molar refractivity (Wildman–Crippen MR) is 76.7 cm³/mol. The van der Waals surface area contributed by atoms with E-state index in [0.29, 0.717) is 0 Å². The third-order valence-electron chi connectivity index (χ3n) is 3.00. The van der Waals surface area contributed by atoms with Gasteiger partial charge in [-0.3, -0.25) is 9.78 Å². The van der Waals surface area contributed by atoms with Crippen LogP contribution in [0.15, 0.2) is 36.0 Å². The second-order valence-corrected chi connectivity index (χ2v) is 5.35. The molecule has 0 radical (unpaired) electrons. The Morgan fingerprint density at radius 3 is 2.63 bits per heavy atom. The van der Waals surface area contributed by atoms with Crippen molar-refractivity contribution in [2.75, 3.05) is 11.4 Å². The number of thiazole rings is 1. The lowest BCUT2D eigenvalue weighted by Crippen LogP contribution is -2.32. The molecule has 0 spiro atoms. The average molecular weight is 276 g/mol. The number of hydrogen-bond acceptors (Lipinski definition) is 4. The highest BCUT2D eigenvalue weighted by molar-refractivity contribution is 7.09. The van der Waals surface area contributed by atoms with Crippen LogP contribution in [0, 0.1) is 6.92 Å². The summed E-state index contributed by atoms with van der Waals surface area (Å²) in [5.41, 5.74) is 3.83. The number of benzene rings is 1. The van der Waals surface area contributed by atoms with Gasteiger partial charge in [0.2, 0.25) is 0 Å². The minimum absolute atomic E-state index is 0.00805. The van der Waals surface area contributed by atoms with E-state index in [4.69, 9.17) is 5.11 Å². The van der Waals surface area contributed by atoms with Crippen molar-refractivity contribution in [3.05, 3.63) is 46.4 Å². The normalized spacial score (nSPS) is 12.1. The fourth-order valence-electron chi connectivity index (χ4n) is 1.92. The Bertz CT molecular complexity index is 537. The molecule has 0 amide bonds. The van der Waals surface area contributed by atoms with Crippen LogP contribution in [0.2, 0.25) is 0 Å². The van der Waals surface area contributed by atoms with Crippen molar-refractivity contribution in [2.45, 2.75) is 19.9 Å². The standard InChI is InChI=1S/C14H16N2O2S/c1-10-3-5-12(6-4-10)16(8-14(17)18)11(2)13-7-15-9-19-13/h3-7,9,11H,8H2,1-2H3,(H,17,18). The third-order valence-corrected chi connectivity index (χ3v) is 3.95. The van der Waals surface area contributed by atoms with Crippen LogP contribution in [0.5, 0.6) is 0 Å². The highest BCUT2D eigenvalue weighted by Gasteiger charge is 2.20. The first-order valence-electron chi connectivity index (χ1n) is 6.01. The van der Waals surface area contributed by atoms with Gasteiger partial charge in [0.05, 0.1) is 11.6 Å². The minimum atomic E-state index is -0.836. The summed E-state index contributed by atoms with van der Waals surface area (Å²) in [6.45, 7) is 3.98. The second kappa shape index (κ2) is 5.84. The number of nitrogens with zero attached hydrogens (tertiary/aromatic N) is 2.